The smallest absolute Gasteiger partial charge is 0.317 e. The molecular weight excluding hydrogens is 562 g/mol. The lowest BCUT2D eigenvalue weighted by Crippen LogP contribution is -2.50. The second-order valence-corrected chi connectivity index (χ2v) is 13.3. The molecule has 3 amide bonds. The van der Waals surface area contributed by atoms with Gasteiger partial charge in [0.1, 0.15) is 17.5 Å². The number of amides is 3. The Balaban J connectivity index is 1.61. The summed E-state index contributed by atoms with van der Waals surface area (Å²) in [6, 6.07) is 4.36. The van der Waals surface area contributed by atoms with Gasteiger partial charge in [-0.3, -0.25) is 9.52 Å². The van der Waals surface area contributed by atoms with E-state index < -0.39 is 22.2 Å². The van der Waals surface area contributed by atoms with Crippen molar-refractivity contribution in [1.29, 1.82) is 0 Å². The SMILES string of the molecule is Cc1noc(C)c1S(=O)(=O)Nc1ccc2c(c1)CC(=O)N([C@@H](C)CO)C[C@@H](C)[C@@H](CN(C)C(=O)NC1CCCCC1)O2. The van der Waals surface area contributed by atoms with E-state index in [9.17, 15) is 23.1 Å². The highest BCUT2D eigenvalue weighted by Crippen LogP contribution is 2.31. The number of nitrogens with one attached hydrogen (secondary N) is 2. The molecule has 0 saturated heterocycles. The van der Waals surface area contributed by atoms with E-state index in [0.29, 0.717) is 17.9 Å². The quantitative estimate of drug-likeness (QED) is 0.415. The van der Waals surface area contributed by atoms with Crippen LogP contribution in [0.5, 0.6) is 5.75 Å². The molecule has 0 unspecified atom stereocenters. The number of anilines is 1. The van der Waals surface area contributed by atoms with Gasteiger partial charge in [0.25, 0.3) is 10.0 Å². The molecule has 0 bridgehead atoms. The van der Waals surface area contributed by atoms with Crippen LogP contribution in [0.1, 0.15) is 63.0 Å². The summed E-state index contributed by atoms with van der Waals surface area (Å²) in [5, 5.41) is 16.8. The molecule has 1 fully saturated rings. The van der Waals surface area contributed by atoms with Crippen LogP contribution in [0.25, 0.3) is 0 Å². The first-order valence-electron chi connectivity index (χ1n) is 14.6. The number of rotatable bonds is 8. The summed E-state index contributed by atoms with van der Waals surface area (Å²) in [7, 11) is -2.28. The van der Waals surface area contributed by atoms with E-state index in [1.165, 1.54) is 13.3 Å². The fraction of sp³-hybridized carbons (Fsp3) is 0.621. The van der Waals surface area contributed by atoms with E-state index in [4.69, 9.17) is 9.26 Å². The molecule has 4 rings (SSSR count). The number of aliphatic hydroxyl groups excluding tert-OH is 1. The fourth-order valence-electron chi connectivity index (χ4n) is 5.66. The average Bonchev–Trinajstić information content (AvgIpc) is 3.31. The number of carbonyl (C=O) groups is 2. The zero-order chi connectivity index (χ0) is 30.6. The number of likely N-dealkylation sites (N-methyl/N-ethyl adjacent to an activating group) is 1. The minimum atomic E-state index is -4.01. The third-order valence-corrected chi connectivity index (χ3v) is 9.76. The van der Waals surface area contributed by atoms with Crippen LogP contribution in [0.2, 0.25) is 0 Å². The number of ether oxygens (including phenoxy) is 1. The van der Waals surface area contributed by atoms with Crippen LogP contribution in [0.4, 0.5) is 10.5 Å². The van der Waals surface area contributed by atoms with Crippen molar-refractivity contribution in [2.24, 2.45) is 5.92 Å². The lowest BCUT2D eigenvalue weighted by molar-refractivity contribution is -0.134. The third kappa shape index (κ3) is 7.35. The standard InChI is InChI=1S/C29H43N5O7S/c1-18-15-34(19(2)17-35)27(36)14-22-13-24(32-42(38,39)28-20(3)31-41-21(28)4)11-12-25(22)40-26(18)16-33(5)29(37)30-23-9-7-6-8-10-23/h11-13,18-19,23,26,32,35H,6-10,14-17H2,1-5H3,(H,30,37)/t18-,19+,26-/m1/s1. The van der Waals surface area contributed by atoms with Gasteiger partial charge in [-0.05, 0) is 51.8 Å². The second kappa shape index (κ2) is 13.3. The molecule has 2 aromatic rings. The molecule has 42 heavy (non-hydrogen) atoms. The first-order valence-corrected chi connectivity index (χ1v) is 16.0. The molecule has 1 aliphatic carbocycles. The van der Waals surface area contributed by atoms with E-state index in [-0.39, 0.29) is 65.5 Å². The van der Waals surface area contributed by atoms with Gasteiger partial charge in [-0.2, -0.15) is 0 Å². The van der Waals surface area contributed by atoms with Gasteiger partial charge in [0, 0.05) is 36.8 Å². The van der Waals surface area contributed by atoms with Crippen LogP contribution in [0.3, 0.4) is 0 Å². The molecule has 12 nitrogen and oxygen atoms in total. The van der Waals surface area contributed by atoms with Crippen molar-refractivity contribution < 1.29 is 32.4 Å². The number of sulfonamides is 1. The molecule has 232 valence electrons. The molecule has 1 aromatic carbocycles. The fourth-order valence-corrected chi connectivity index (χ4v) is 7.04. The van der Waals surface area contributed by atoms with E-state index in [2.05, 4.69) is 15.2 Å². The van der Waals surface area contributed by atoms with Gasteiger partial charge >= 0.3 is 6.03 Å². The number of urea groups is 1. The van der Waals surface area contributed by atoms with Gasteiger partial charge in [0.15, 0.2) is 10.7 Å². The van der Waals surface area contributed by atoms with Gasteiger partial charge < -0.3 is 29.5 Å². The second-order valence-electron chi connectivity index (χ2n) is 11.6. The lowest BCUT2D eigenvalue weighted by Gasteiger charge is -2.34. The minimum absolute atomic E-state index is 0.0373. The van der Waals surface area contributed by atoms with E-state index in [1.54, 1.807) is 48.9 Å². The molecule has 2 heterocycles. The molecule has 1 aliphatic heterocycles. The number of hydrogen-bond donors (Lipinski definition) is 3. The Morgan fingerprint density at radius 1 is 1.24 bits per heavy atom. The summed E-state index contributed by atoms with van der Waals surface area (Å²) in [6.45, 7) is 7.19. The van der Waals surface area contributed by atoms with Crippen molar-refractivity contribution in [3.8, 4) is 5.75 Å². The Morgan fingerprint density at radius 2 is 1.95 bits per heavy atom. The Bertz CT molecular complexity index is 1350. The number of nitrogens with zero attached hydrogens (tertiary/aromatic N) is 3. The summed E-state index contributed by atoms with van der Waals surface area (Å²) in [6.07, 6.45) is 4.82. The van der Waals surface area contributed by atoms with E-state index >= 15 is 0 Å². The van der Waals surface area contributed by atoms with Crippen molar-refractivity contribution in [2.45, 2.75) is 89.3 Å². The van der Waals surface area contributed by atoms with Crippen LogP contribution in [-0.2, 0) is 21.2 Å². The number of hydrogen-bond acceptors (Lipinski definition) is 8. The van der Waals surface area contributed by atoms with Crippen molar-refractivity contribution in [3.05, 3.63) is 35.2 Å². The van der Waals surface area contributed by atoms with Crippen LogP contribution in [0, 0.1) is 19.8 Å². The summed E-state index contributed by atoms with van der Waals surface area (Å²) in [5.41, 5.74) is 0.977. The predicted molar refractivity (Wildman–Crippen MR) is 157 cm³/mol. The maximum Gasteiger partial charge on any atom is 0.317 e. The molecule has 13 heteroatoms. The molecule has 3 atom stereocenters. The number of benzene rings is 1. The predicted octanol–water partition coefficient (Wildman–Crippen LogP) is 3.22. The Morgan fingerprint density at radius 3 is 2.60 bits per heavy atom. The highest BCUT2D eigenvalue weighted by Gasteiger charge is 2.33. The number of aliphatic hydroxyl groups is 1. The topological polar surface area (TPSA) is 154 Å². The van der Waals surface area contributed by atoms with Crippen LogP contribution >= 0.6 is 0 Å². The monoisotopic (exact) mass is 605 g/mol. The van der Waals surface area contributed by atoms with Crippen LogP contribution in [0.15, 0.2) is 27.6 Å². The van der Waals surface area contributed by atoms with Crippen molar-refractivity contribution in [1.82, 2.24) is 20.3 Å². The largest absolute Gasteiger partial charge is 0.488 e. The Hall–Kier alpha value is -3.32. The maximum atomic E-state index is 13.5. The van der Waals surface area contributed by atoms with Gasteiger partial charge in [-0.15, -0.1) is 0 Å². The number of carbonyl (C=O) groups excluding carboxylic acids is 2. The Labute approximate surface area is 247 Å². The number of aromatic nitrogens is 1. The molecule has 1 saturated carbocycles. The Kier molecular flexibility index (Phi) is 10.0. The first kappa shape index (κ1) is 31.6. The van der Waals surface area contributed by atoms with Crippen LogP contribution < -0.4 is 14.8 Å². The molecule has 0 radical (unpaired) electrons. The summed E-state index contributed by atoms with van der Waals surface area (Å²) in [4.78, 5) is 29.7. The molecular formula is C29H43N5O7S. The summed E-state index contributed by atoms with van der Waals surface area (Å²) >= 11 is 0. The first-order chi connectivity index (χ1) is 19.9. The van der Waals surface area contributed by atoms with Crippen molar-refractivity contribution >= 4 is 27.6 Å². The molecule has 2 aliphatic rings. The highest BCUT2D eigenvalue weighted by atomic mass is 32.2. The molecule has 1 aromatic heterocycles. The minimum Gasteiger partial charge on any atom is -0.488 e. The summed E-state index contributed by atoms with van der Waals surface area (Å²) in [5.74, 6) is 0.197. The average molecular weight is 606 g/mol. The zero-order valence-corrected chi connectivity index (χ0v) is 25.9. The van der Waals surface area contributed by atoms with Gasteiger partial charge in [0.2, 0.25) is 5.91 Å². The molecule has 0 spiro atoms. The van der Waals surface area contributed by atoms with Crippen molar-refractivity contribution in [2.75, 3.05) is 31.5 Å². The number of aryl methyl sites for hydroxylation is 2. The lowest BCUT2D eigenvalue weighted by atomic mass is 9.96. The van der Waals surface area contributed by atoms with E-state index in [0.717, 1.165) is 25.7 Å². The van der Waals surface area contributed by atoms with Crippen LogP contribution in [-0.4, -0.2) is 85.4 Å². The summed E-state index contributed by atoms with van der Waals surface area (Å²) < 4.78 is 40.3. The van der Waals surface area contributed by atoms with Gasteiger partial charge in [-0.1, -0.05) is 31.3 Å². The highest BCUT2D eigenvalue weighted by molar-refractivity contribution is 7.92. The van der Waals surface area contributed by atoms with Crippen molar-refractivity contribution in [3.63, 3.8) is 0 Å². The van der Waals surface area contributed by atoms with Gasteiger partial charge in [-0.25, -0.2) is 13.2 Å². The maximum absolute atomic E-state index is 13.5. The molecule has 3 N–H and O–H groups in total. The number of fused-ring (bicyclic) bond motifs is 1. The van der Waals surface area contributed by atoms with E-state index in [1.807, 2.05) is 6.92 Å². The van der Waals surface area contributed by atoms with Gasteiger partial charge in [0.05, 0.1) is 25.6 Å². The third-order valence-electron chi connectivity index (χ3n) is 8.14. The zero-order valence-electron chi connectivity index (χ0n) is 25.1. The normalized spacial score (nSPS) is 20.9.